The second-order valence-electron chi connectivity index (χ2n) is 4.58. The van der Waals surface area contributed by atoms with Crippen molar-refractivity contribution in [3.05, 3.63) is 62.1 Å². The van der Waals surface area contributed by atoms with Crippen molar-refractivity contribution in [2.75, 3.05) is 12.4 Å². The SMILES string of the molecule is CNc1cc(COc2ccc(C)cc2Br)ccc1[N+](=O)[O-]. The summed E-state index contributed by atoms with van der Waals surface area (Å²) in [6.07, 6.45) is 0. The van der Waals surface area contributed by atoms with E-state index in [2.05, 4.69) is 21.2 Å². The molecule has 0 bridgehead atoms. The Balaban J connectivity index is 2.15. The molecule has 0 spiro atoms. The third-order valence-corrected chi connectivity index (χ3v) is 3.63. The smallest absolute Gasteiger partial charge is 0.292 e. The van der Waals surface area contributed by atoms with Gasteiger partial charge in [-0.3, -0.25) is 10.1 Å². The summed E-state index contributed by atoms with van der Waals surface area (Å²) in [5.41, 5.74) is 2.53. The lowest BCUT2D eigenvalue weighted by Crippen LogP contribution is -2.00. The molecule has 21 heavy (non-hydrogen) atoms. The molecule has 0 fully saturated rings. The summed E-state index contributed by atoms with van der Waals surface area (Å²) in [6.45, 7) is 2.35. The Kier molecular flexibility index (Phi) is 4.80. The molecule has 0 aliphatic carbocycles. The minimum atomic E-state index is -0.410. The predicted molar refractivity (Wildman–Crippen MR) is 85.9 cm³/mol. The van der Waals surface area contributed by atoms with Crippen molar-refractivity contribution in [3.8, 4) is 5.75 Å². The first-order valence-corrected chi connectivity index (χ1v) is 7.14. The topological polar surface area (TPSA) is 64.4 Å². The third kappa shape index (κ3) is 3.72. The summed E-state index contributed by atoms with van der Waals surface area (Å²) in [5.74, 6) is 0.741. The van der Waals surface area contributed by atoms with Gasteiger partial charge in [-0.25, -0.2) is 0 Å². The van der Waals surface area contributed by atoms with Gasteiger partial charge in [0.2, 0.25) is 0 Å². The largest absolute Gasteiger partial charge is 0.488 e. The molecular weight excluding hydrogens is 336 g/mol. The van der Waals surface area contributed by atoms with Gasteiger partial charge in [0.1, 0.15) is 18.0 Å². The van der Waals surface area contributed by atoms with Gasteiger partial charge in [0.25, 0.3) is 5.69 Å². The fourth-order valence-electron chi connectivity index (χ4n) is 1.92. The van der Waals surface area contributed by atoms with Crippen LogP contribution in [0.15, 0.2) is 40.9 Å². The van der Waals surface area contributed by atoms with E-state index in [0.717, 1.165) is 21.3 Å². The Morgan fingerprint density at radius 1 is 1.29 bits per heavy atom. The summed E-state index contributed by atoms with van der Waals surface area (Å²) in [7, 11) is 1.66. The Bertz CT molecular complexity index is 674. The van der Waals surface area contributed by atoms with E-state index in [9.17, 15) is 10.1 Å². The Morgan fingerprint density at radius 2 is 2.05 bits per heavy atom. The van der Waals surface area contributed by atoms with Crippen molar-refractivity contribution in [2.24, 2.45) is 0 Å². The van der Waals surface area contributed by atoms with Gasteiger partial charge < -0.3 is 10.1 Å². The zero-order chi connectivity index (χ0) is 15.4. The fraction of sp³-hybridized carbons (Fsp3) is 0.200. The molecule has 1 N–H and O–H groups in total. The standard InChI is InChI=1S/C15H15BrN2O3/c1-10-3-6-15(12(16)7-10)21-9-11-4-5-14(18(19)20)13(8-11)17-2/h3-8,17H,9H2,1-2H3. The normalized spacial score (nSPS) is 10.2. The number of aryl methyl sites for hydroxylation is 1. The molecule has 0 saturated heterocycles. The van der Waals surface area contributed by atoms with Crippen LogP contribution in [-0.4, -0.2) is 12.0 Å². The molecule has 0 heterocycles. The monoisotopic (exact) mass is 350 g/mol. The predicted octanol–water partition coefficient (Wildman–Crippen LogP) is 4.29. The van der Waals surface area contributed by atoms with Crippen LogP contribution in [0.5, 0.6) is 5.75 Å². The molecular formula is C15H15BrN2O3. The van der Waals surface area contributed by atoms with Gasteiger partial charge in [0, 0.05) is 13.1 Å². The first kappa shape index (κ1) is 15.3. The molecule has 0 saturated carbocycles. The van der Waals surface area contributed by atoms with Crippen molar-refractivity contribution < 1.29 is 9.66 Å². The molecule has 0 radical (unpaired) electrons. The van der Waals surface area contributed by atoms with Crippen LogP contribution in [0.4, 0.5) is 11.4 Å². The van der Waals surface area contributed by atoms with Crippen molar-refractivity contribution in [1.29, 1.82) is 0 Å². The number of ether oxygens (including phenoxy) is 1. The Hall–Kier alpha value is -2.08. The summed E-state index contributed by atoms with van der Waals surface area (Å²) in [5, 5.41) is 13.7. The number of hydrogen-bond acceptors (Lipinski definition) is 4. The van der Waals surface area contributed by atoms with E-state index in [1.165, 1.54) is 6.07 Å². The Morgan fingerprint density at radius 3 is 2.67 bits per heavy atom. The van der Waals surface area contributed by atoms with E-state index in [1.807, 2.05) is 25.1 Å². The minimum Gasteiger partial charge on any atom is -0.488 e. The molecule has 0 unspecified atom stereocenters. The summed E-state index contributed by atoms with van der Waals surface area (Å²) in [6, 6.07) is 10.7. The van der Waals surface area contributed by atoms with Gasteiger partial charge in [0.15, 0.2) is 0 Å². The molecule has 0 aliphatic rings. The summed E-state index contributed by atoms with van der Waals surface area (Å²) >= 11 is 3.45. The van der Waals surface area contributed by atoms with E-state index in [0.29, 0.717) is 12.3 Å². The highest BCUT2D eigenvalue weighted by Gasteiger charge is 2.13. The molecule has 2 rings (SSSR count). The van der Waals surface area contributed by atoms with E-state index < -0.39 is 4.92 Å². The van der Waals surface area contributed by atoms with Crippen LogP contribution in [0.1, 0.15) is 11.1 Å². The molecule has 2 aromatic carbocycles. The van der Waals surface area contributed by atoms with Crippen LogP contribution >= 0.6 is 15.9 Å². The lowest BCUT2D eigenvalue weighted by Gasteiger charge is -2.10. The average molecular weight is 351 g/mol. The lowest BCUT2D eigenvalue weighted by molar-refractivity contribution is -0.384. The summed E-state index contributed by atoms with van der Waals surface area (Å²) < 4.78 is 6.62. The number of rotatable bonds is 5. The second-order valence-corrected chi connectivity index (χ2v) is 5.44. The highest BCUT2D eigenvalue weighted by atomic mass is 79.9. The number of nitrogens with zero attached hydrogens (tertiary/aromatic N) is 1. The van der Waals surface area contributed by atoms with Crippen molar-refractivity contribution in [2.45, 2.75) is 13.5 Å². The molecule has 6 heteroatoms. The van der Waals surface area contributed by atoms with E-state index >= 15 is 0 Å². The molecule has 0 atom stereocenters. The van der Waals surface area contributed by atoms with E-state index in [1.54, 1.807) is 19.2 Å². The quantitative estimate of drug-likeness (QED) is 0.645. The molecule has 0 aromatic heterocycles. The van der Waals surface area contributed by atoms with Crippen molar-refractivity contribution in [3.63, 3.8) is 0 Å². The molecule has 0 amide bonds. The maximum Gasteiger partial charge on any atom is 0.292 e. The van der Waals surface area contributed by atoms with Gasteiger partial charge >= 0.3 is 0 Å². The van der Waals surface area contributed by atoms with E-state index in [4.69, 9.17) is 4.74 Å². The van der Waals surface area contributed by atoms with Crippen LogP contribution in [0, 0.1) is 17.0 Å². The number of halogens is 1. The van der Waals surface area contributed by atoms with Crippen molar-refractivity contribution >= 4 is 27.3 Å². The van der Waals surface area contributed by atoms with Crippen LogP contribution in [-0.2, 0) is 6.61 Å². The summed E-state index contributed by atoms with van der Waals surface area (Å²) in [4.78, 5) is 10.5. The number of hydrogen-bond donors (Lipinski definition) is 1. The van der Waals surface area contributed by atoms with Crippen molar-refractivity contribution in [1.82, 2.24) is 0 Å². The number of nitro benzene ring substituents is 1. The number of anilines is 1. The molecule has 110 valence electrons. The highest BCUT2D eigenvalue weighted by molar-refractivity contribution is 9.10. The third-order valence-electron chi connectivity index (χ3n) is 3.01. The van der Waals surface area contributed by atoms with Gasteiger partial charge in [-0.15, -0.1) is 0 Å². The number of nitrogens with one attached hydrogen (secondary N) is 1. The van der Waals surface area contributed by atoms with Gasteiger partial charge in [-0.2, -0.15) is 0 Å². The first-order chi connectivity index (χ1) is 10.0. The minimum absolute atomic E-state index is 0.0535. The van der Waals surface area contributed by atoms with E-state index in [-0.39, 0.29) is 5.69 Å². The molecule has 5 nitrogen and oxygen atoms in total. The molecule has 2 aromatic rings. The average Bonchev–Trinajstić information content (AvgIpc) is 2.45. The maximum absolute atomic E-state index is 10.9. The maximum atomic E-state index is 10.9. The van der Waals surface area contributed by atoms with Crippen LogP contribution in [0.25, 0.3) is 0 Å². The van der Waals surface area contributed by atoms with Crippen LogP contribution in [0.3, 0.4) is 0 Å². The van der Waals surface area contributed by atoms with Crippen LogP contribution in [0.2, 0.25) is 0 Å². The Labute approximate surface area is 131 Å². The van der Waals surface area contributed by atoms with Gasteiger partial charge in [-0.1, -0.05) is 6.07 Å². The zero-order valence-corrected chi connectivity index (χ0v) is 13.3. The van der Waals surface area contributed by atoms with Gasteiger partial charge in [0.05, 0.1) is 9.40 Å². The van der Waals surface area contributed by atoms with Crippen LogP contribution < -0.4 is 10.1 Å². The fourth-order valence-corrected chi connectivity index (χ4v) is 2.52. The lowest BCUT2D eigenvalue weighted by atomic mass is 10.2. The second kappa shape index (κ2) is 6.58. The highest BCUT2D eigenvalue weighted by Crippen LogP contribution is 2.28. The number of nitro groups is 1. The van der Waals surface area contributed by atoms with Gasteiger partial charge in [-0.05, 0) is 58.2 Å². The zero-order valence-electron chi connectivity index (χ0n) is 11.7. The number of benzene rings is 2. The molecule has 0 aliphatic heterocycles. The first-order valence-electron chi connectivity index (χ1n) is 6.35.